The average molecular weight is 506 g/mol. The van der Waals surface area contributed by atoms with Crippen molar-refractivity contribution in [1.82, 2.24) is 15.5 Å². The van der Waals surface area contributed by atoms with Crippen LogP contribution < -0.4 is 15.4 Å². The molecular formula is C25H32FN3O7. The number of piperidine rings is 1. The van der Waals surface area contributed by atoms with Gasteiger partial charge in [-0.25, -0.2) is 4.39 Å². The first-order valence-electron chi connectivity index (χ1n) is 11.8. The van der Waals surface area contributed by atoms with E-state index in [1.807, 2.05) is 0 Å². The summed E-state index contributed by atoms with van der Waals surface area (Å²) >= 11 is 0. The zero-order valence-electron chi connectivity index (χ0n) is 20.7. The number of methoxy groups -OCH3 is 1. The molecule has 36 heavy (non-hydrogen) atoms. The fraction of sp³-hybridized carbons (Fsp3) is 0.560. The minimum atomic E-state index is -1.24. The molecule has 0 aromatic heterocycles. The molecule has 0 spiro atoms. The number of amides is 3. The van der Waals surface area contributed by atoms with Gasteiger partial charge in [-0.05, 0) is 42.7 Å². The monoisotopic (exact) mass is 505 g/mol. The van der Waals surface area contributed by atoms with Crippen molar-refractivity contribution in [3.8, 4) is 5.75 Å². The lowest BCUT2D eigenvalue weighted by Crippen LogP contribution is -2.61. The third-order valence-corrected chi connectivity index (χ3v) is 6.81. The summed E-state index contributed by atoms with van der Waals surface area (Å²) in [6.45, 7) is 5.24. The minimum absolute atomic E-state index is 0.110. The highest BCUT2D eigenvalue weighted by Gasteiger charge is 2.53. The summed E-state index contributed by atoms with van der Waals surface area (Å²) in [5.41, 5.74) is -1.07. The lowest BCUT2D eigenvalue weighted by Gasteiger charge is -2.40. The standard InChI is InChI=1S/C25H32FN3O7/c1-25(2,3)21(28-22(33)16-6-5-7-17(36-4)19(16)26)24(35)29-15-9-8-13(10-15)20(29)23(34)27-14(12-30)11-18(31)32/h5-7,12-15,20-21H,8-11H2,1-4H3,(H,27,34)(H,28,33)(H,31,32)/t13-,14?,15-,20-,21+/m0/s1. The largest absolute Gasteiger partial charge is 0.494 e. The van der Waals surface area contributed by atoms with Crippen molar-refractivity contribution in [2.75, 3.05) is 7.11 Å². The summed E-state index contributed by atoms with van der Waals surface area (Å²) in [7, 11) is 1.28. The molecule has 1 saturated carbocycles. The van der Waals surface area contributed by atoms with Gasteiger partial charge in [-0.3, -0.25) is 19.2 Å². The molecule has 2 aliphatic rings. The van der Waals surface area contributed by atoms with Crippen molar-refractivity contribution in [2.45, 2.75) is 70.6 Å². The Kier molecular flexibility index (Phi) is 8.00. The van der Waals surface area contributed by atoms with Crippen molar-refractivity contribution >= 4 is 30.0 Å². The summed E-state index contributed by atoms with van der Waals surface area (Å²) in [5, 5.41) is 14.1. The van der Waals surface area contributed by atoms with Gasteiger partial charge in [0.15, 0.2) is 11.6 Å². The normalized spacial score (nSPS) is 22.5. The van der Waals surface area contributed by atoms with Crippen molar-refractivity contribution < 1.29 is 38.2 Å². The first kappa shape index (κ1) is 27.1. The van der Waals surface area contributed by atoms with Crippen LogP contribution in [0, 0.1) is 17.2 Å². The number of likely N-dealkylation sites (tertiary alicyclic amines) is 1. The fourth-order valence-electron chi connectivity index (χ4n) is 5.08. The molecule has 3 amide bonds. The van der Waals surface area contributed by atoms with Crippen LogP contribution >= 0.6 is 0 Å². The minimum Gasteiger partial charge on any atom is -0.494 e. The summed E-state index contributed by atoms with van der Waals surface area (Å²) in [6.07, 6.45) is 1.76. The molecule has 2 bridgehead atoms. The zero-order chi connectivity index (χ0) is 26.8. The average Bonchev–Trinajstić information content (AvgIpc) is 3.42. The predicted molar refractivity (Wildman–Crippen MR) is 126 cm³/mol. The Labute approximate surface area is 208 Å². The number of aliphatic carboxylic acids is 1. The molecule has 1 unspecified atom stereocenters. The molecule has 5 atom stereocenters. The first-order valence-corrected chi connectivity index (χ1v) is 11.8. The lowest BCUT2D eigenvalue weighted by atomic mass is 9.84. The second-order valence-corrected chi connectivity index (χ2v) is 10.4. The number of hydrogen-bond donors (Lipinski definition) is 3. The number of fused-ring (bicyclic) bond motifs is 2. The summed E-state index contributed by atoms with van der Waals surface area (Å²) in [6, 6.07) is 0.676. The van der Waals surface area contributed by atoms with Crippen LogP contribution in [0.1, 0.15) is 56.8 Å². The number of benzene rings is 1. The van der Waals surface area contributed by atoms with Crippen LogP contribution in [0.2, 0.25) is 0 Å². The molecule has 11 heteroatoms. The number of ether oxygens (including phenoxy) is 1. The second-order valence-electron chi connectivity index (χ2n) is 10.4. The predicted octanol–water partition coefficient (Wildman–Crippen LogP) is 1.52. The highest BCUT2D eigenvalue weighted by molar-refractivity contribution is 5.99. The van der Waals surface area contributed by atoms with Crippen molar-refractivity contribution in [1.29, 1.82) is 0 Å². The SMILES string of the molecule is COc1cccc(C(=O)N[C@H](C(=O)N2[C@H]3CC[C@@H](C3)[C@H]2C(=O)NC(C=O)CC(=O)O)C(C)(C)C)c1F. The van der Waals surface area contributed by atoms with Crippen LogP contribution in [0.25, 0.3) is 0 Å². The maximum atomic E-state index is 14.7. The van der Waals surface area contributed by atoms with Gasteiger partial charge in [0.1, 0.15) is 18.4 Å². The van der Waals surface area contributed by atoms with Gasteiger partial charge in [-0.2, -0.15) is 0 Å². The molecule has 1 aliphatic heterocycles. The Bertz CT molecular complexity index is 1050. The number of rotatable bonds is 9. The van der Waals surface area contributed by atoms with E-state index in [4.69, 9.17) is 9.84 Å². The number of nitrogens with one attached hydrogen (secondary N) is 2. The van der Waals surface area contributed by atoms with Gasteiger partial charge < -0.3 is 30.2 Å². The quantitative estimate of drug-likeness (QED) is 0.432. The topological polar surface area (TPSA) is 142 Å². The molecule has 0 radical (unpaired) electrons. The third-order valence-electron chi connectivity index (χ3n) is 6.81. The van der Waals surface area contributed by atoms with E-state index < -0.39 is 59.5 Å². The van der Waals surface area contributed by atoms with Gasteiger partial charge in [0.2, 0.25) is 11.8 Å². The Morgan fingerprint density at radius 1 is 1.22 bits per heavy atom. The zero-order valence-corrected chi connectivity index (χ0v) is 20.7. The van der Waals surface area contributed by atoms with E-state index in [1.165, 1.54) is 30.2 Å². The van der Waals surface area contributed by atoms with Crippen molar-refractivity contribution in [2.24, 2.45) is 11.3 Å². The van der Waals surface area contributed by atoms with Crippen LogP contribution in [0.5, 0.6) is 5.75 Å². The number of carboxylic acid groups (broad SMARTS) is 1. The van der Waals surface area contributed by atoms with Crippen molar-refractivity contribution in [3.63, 3.8) is 0 Å². The molecule has 196 valence electrons. The molecule has 1 heterocycles. The number of aldehydes is 1. The number of carbonyl (C=O) groups is 5. The maximum absolute atomic E-state index is 14.7. The van der Waals surface area contributed by atoms with Gasteiger partial charge in [0, 0.05) is 6.04 Å². The number of hydrogen-bond acceptors (Lipinski definition) is 6. The Hall–Kier alpha value is -3.50. The fourth-order valence-corrected chi connectivity index (χ4v) is 5.08. The number of carbonyl (C=O) groups excluding carboxylic acids is 4. The van der Waals surface area contributed by atoms with Gasteiger partial charge in [0.05, 0.1) is 25.1 Å². The summed E-state index contributed by atoms with van der Waals surface area (Å²) < 4.78 is 19.6. The Morgan fingerprint density at radius 3 is 2.50 bits per heavy atom. The second kappa shape index (κ2) is 10.6. The van der Waals surface area contributed by atoms with Crippen LogP contribution in [-0.4, -0.2) is 71.3 Å². The van der Waals surface area contributed by atoms with Crippen molar-refractivity contribution in [3.05, 3.63) is 29.6 Å². The van der Waals surface area contributed by atoms with Gasteiger partial charge in [-0.15, -0.1) is 0 Å². The summed E-state index contributed by atoms with van der Waals surface area (Å²) in [4.78, 5) is 63.7. The summed E-state index contributed by atoms with van der Waals surface area (Å²) in [5.74, 6) is -4.25. The molecule has 3 rings (SSSR count). The van der Waals surface area contributed by atoms with Crippen LogP contribution in [0.15, 0.2) is 18.2 Å². The molecular weight excluding hydrogens is 473 g/mol. The van der Waals surface area contributed by atoms with Crippen LogP contribution in [0.3, 0.4) is 0 Å². The molecule has 2 fully saturated rings. The highest BCUT2D eigenvalue weighted by atomic mass is 19.1. The molecule has 1 aromatic rings. The molecule has 1 saturated heterocycles. The van der Waals surface area contributed by atoms with E-state index in [-0.39, 0.29) is 23.3 Å². The third kappa shape index (κ3) is 5.50. The van der Waals surface area contributed by atoms with Crippen LogP contribution in [-0.2, 0) is 19.2 Å². The number of carboxylic acids is 1. The highest BCUT2D eigenvalue weighted by Crippen LogP contribution is 2.43. The number of halogens is 1. The first-order chi connectivity index (χ1) is 16.9. The Balaban J connectivity index is 1.86. The smallest absolute Gasteiger partial charge is 0.305 e. The van der Waals surface area contributed by atoms with E-state index in [2.05, 4.69) is 10.6 Å². The van der Waals surface area contributed by atoms with E-state index in [1.54, 1.807) is 20.8 Å². The molecule has 1 aromatic carbocycles. The lowest BCUT2D eigenvalue weighted by molar-refractivity contribution is -0.147. The van der Waals surface area contributed by atoms with Gasteiger partial charge in [-0.1, -0.05) is 26.8 Å². The molecule has 10 nitrogen and oxygen atoms in total. The van der Waals surface area contributed by atoms with Gasteiger partial charge in [0.25, 0.3) is 5.91 Å². The number of nitrogens with zero attached hydrogens (tertiary/aromatic N) is 1. The Morgan fingerprint density at radius 2 is 1.92 bits per heavy atom. The van der Waals surface area contributed by atoms with Crippen LogP contribution in [0.4, 0.5) is 4.39 Å². The molecule has 3 N–H and O–H groups in total. The van der Waals surface area contributed by atoms with E-state index in [9.17, 15) is 28.4 Å². The van der Waals surface area contributed by atoms with E-state index in [0.29, 0.717) is 25.5 Å². The van der Waals surface area contributed by atoms with Gasteiger partial charge >= 0.3 is 5.97 Å². The molecule has 1 aliphatic carbocycles. The maximum Gasteiger partial charge on any atom is 0.305 e. The van der Waals surface area contributed by atoms with E-state index in [0.717, 1.165) is 0 Å². The van der Waals surface area contributed by atoms with E-state index >= 15 is 0 Å².